The van der Waals surface area contributed by atoms with Crippen LogP contribution in [0.15, 0.2) is 72.9 Å². The van der Waals surface area contributed by atoms with Gasteiger partial charge in [-0.1, -0.05) is 43.3 Å². The molecule has 4 aromatic rings. The number of carbonyl (C=O) groups is 1. The summed E-state index contributed by atoms with van der Waals surface area (Å²) in [6.07, 6.45) is 3.63. The lowest BCUT2D eigenvalue weighted by Crippen LogP contribution is -1.99. The molecule has 0 N–H and O–H groups in total. The van der Waals surface area contributed by atoms with Gasteiger partial charge in [0, 0.05) is 22.8 Å². The Morgan fingerprint density at radius 2 is 1.79 bits per heavy atom. The number of carbonyl (C=O) groups excluding carboxylic acids is 1. The lowest BCUT2D eigenvalue weighted by molar-refractivity contribution is 0.111. The Labute approximate surface area is 163 Å². The summed E-state index contributed by atoms with van der Waals surface area (Å²) in [5.74, 6) is 0.170. The number of aryl methyl sites for hydroxylation is 1. The van der Waals surface area contributed by atoms with Crippen LogP contribution in [-0.4, -0.2) is 10.7 Å². The predicted octanol–water partition coefficient (Wildman–Crippen LogP) is 5.70. The molecule has 0 fully saturated rings. The smallest absolute Gasteiger partial charge is 0.167 e. The van der Waals surface area contributed by atoms with Crippen molar-refractivity contribution in [1.82, 2.24) is 4.40 Å². The van der Waals surface area contributed by atoms with E-state index in [0.29, 0.717) is 29.2 Å². The third kappa shape index (κ3) is 3.41. The molecule has 2 aromatic heterocycles. The van der Waals surface area contributed by atoms with Gasteiger partial charge in [-0.3, -0.25) is 4.79 Å². The molecular weight excluding hydrogens is 353 g/mol. The molecule has 0 atom stereocenters. The van der Waals surface area contributed by atoms with Crippen LogP contribution in [-0.2, 0) is 13.0 Å². The molecule has 0 saturated carbocycles. The summed E-state index contributed by atoms with van der Waals surface area (Å²) in [6, 6.07) is 20.1. The van der Waals surface area contributed by atoms with Gasteiger partial charge in [0.1, 0.15) is 18.2 Å². The fraction of sp³-hybridized carbons (Fsp3) is 0.125. The molecular formula is C24H20FNO2. The minimum absolute atomic E-state index is 0.364. The Bertz CT molecular complexity index is 1130. The van der Waals surface area contributed by atoms with Crippen molar-refractivity contribution >= 4 is 11.8 Å². The number of aldehydes is 1. The number of hydrogen-bond donors (Lipinski definition) is 0. The van der Waals surface area contributed by atoms with E-state index in [1.807, 2.05) is 59.1 Å². The zero-order valence-electron chi connectivity index (χ0n) is 15.6. The first-order valence-corrected chi connectivity index (χ1v) is 9.25. The van der Waals surface area contributed by atoms with Crippen LogP contribution in [0.2, 0.25) is 0 Å². The van der Waals surface area contributed by atoms with E-state index in [1.165, 1.54) is 12.1 Å². The van der Waals surface area contributed by atoms with Crippen molar-refractivity contribution in [3.8, 4) is 16.9 Å². The summed E-state index contributed by atoms with van der Waals surface area (Å²) < 4.78 is 21.9. The second-order valence-electron chi connectivity index (χ2n) is 6.66. The molecule has 4 heteroatoms. The number of aromatic nitrogens is 1. The maximum absolute atomic E-state index is 14.1. The Morgan fingerprint density at radius 3 is 2.54 bits per heavy atom. The monoisotopic (exact) mass is 373 g/mol. The minimum Gasteiger partial charge on any atom is -0.488 e. The van der Waals surface area contributed by atoms with Gasteiger partial charge in [0.15, 0.2) is 6.29 Å². The van der Waals surface area contributed by atoms with E-state index in [1.54, 1.807) is 6.07 Å². The first kappa shape index (κ1) is 18.0. The Morgan fingerprint density at radius 1 is 0.964 bits per heavy atom. The molecule has 0 saturated heterocycles. The van der Waals surface area contributed by atoms with E-state index in [4.69, 9.17) is 4.74 Å². The molecule has 0 amide bonds. The third-order valence-corrected chi connectivity index (χ3v) is 4.86. The summed E-state index contributed by atoms with van der Waals surface area (Å²) in [5, 5.41) is 0. The maximum Gasteiger partial charge on any atom is 0.167 e. The van der Waals surface area contributed by atoms with E-state index in [-0.39, 0.29) is 5.82 Å². The van der Waals surface area contributed by atoms with Gasteiger partial charge in [-0.15, -0.1) is 0 Å². The van der Waals surface area contributed by atoms with Crippen molar-refractivity contribution in [3.63, 3.8) is 0 Å². The van der Waals surface area contributed by atoms with Crippen LogP contribution >= 0.6 is 0 Å². The molecule has 0 aliphatic rings. The number of rotatable bonds is 6. The van der Waals surface area contributed by atoms with Gasteiger partial charge in [0.2, 0.25) is 0 Å². The van der Waals surface area contributed by atoms with Crippen molar-refractivity contribution in [2.75, 3.05) is 0 Å². The van der Waals surface area contributed by atoms with E-state index in [0.717, 1.165) is 29.4 Å². The molecule has 0 aliphatic heterocycles. The zero-order chi connectivity index (χ0) is 19.5. The van der Waals surface area contributed by atoms with Crippen LogP contribution in [0.4, 0.5) is 4.39 Å². The Kier molecular flexibility index (Phi) is 4.94. The number of ether oxygens (including phenoxy) is 1. The number of nitrogens with zero attached hydrogens (tertiary/aromatic N) is 1. The molecule has 0 radical (unpaired) electrons. The molecule has 0 unspecified atom stereocenters. The van der Waals surface area contributed by atoms with Crippen molar-refractivity contribution in [1.29, 1.82) is 0 Å². The summed E-state index contributed by atoms with van der Waals surface area (Å²) >= 11 is 0. The largest absolute Gasteiger partial charge is 0.488 e. The van der Waals surface area contributed by atoms with Crippen LogP contribution < -0.4 is 4.74 Å². The Balaban J connectivity index is 1.80. The highest BCUT2D eigenvalue weighted by Crippen LogP contribution is 2.35. The molecule has 2 heterocycles. The standard InChI is InChI=1S/C24H20FNO2/c1-2-17-8-10-20-13-21(23(15-27)26(20)14-17)22-12-19(25)9-11-24(22)28-16-18-6-4-3-5-7-18/h3-15H,2,16H2,1H3. The summed E-state index contributed by atoms with van der Waals surface area (Å²) in [6.45, 7) is 2.43. The van der Waals surface area contributed by atoms with E-state index in [2.05, 4.69) is 6.92 Å². The number of benzene rings is 2. The summed E-state index contributed by atoms with van der Waals surface area (Å²) in [5.41, 5.74) is 4.74. The predicted molar refractivity (Wildman–Crippen MR) is 108 cm³/mol. The molecule has 2 aromatic carbocycles. The number of hydrogen-bond acceptors (Lipinski definition) is 2. The van der Waals surface area contributed by atoms with Gasteiger partial charge in [0.25, 0.3) is 0 Å². The first-order chi connectivity index (χ1) is 13.7. The van der Waals surface area contributed by atoms with E-state index >= 15 is 0 Å². The highest BCUT2D eigenvalue weighted by atomic mass is 19.1. The molecule has 0 bridgehead atoms. The van der Waals surface area contributed by atoms with Gasteiger partial charge >= 0.3 is 0 Å². The lowest BCUT2D eigenvalue weighted by atomic mass is 10.0. The van der Waals surface area contributed by atoms with Gasteiger partial charge in [0.05, 0.1) is 5.69 Å². The topological polar surface area (TPSA) is 30.7 Å². The van der Waals surface area contributed by atoms with Gasteiger partial charge < -0.3 is 9.14 Å². The van der Waals surface area contributed by atoms with Crippen LogP contribution in [0.1, 0.15) is 28.5 Å². The molecule has 28 heavy (non-hydrogen) atoms. The van der Waals surface area contributed by atoms with Crippen LogP contribution in [0.3, 0.4) is 0 Å². The quantitative estimate of drug-likeness (QED) is 0.406. The lowest BCUT2D eigenvalue weighted by Gasteiger charge is -2.12. The third-order valence-electron chi connectivity index (χ3n) is 4.86. The average molecular weight is 373 g/mol. The highest BCUT2D eigenvalue weighted by molar-refractivity contribution is 5.91. The van der Waals surface area contributed by atoms with Crippen molar-refractivity contribution in [2.24, 2.45) is 0 Å². The van der Waals surface area contributed by atoms with Gasteiger partial charge in [-0.25, -0.2) is 4.39 Å². The fourth-order valence-electron chi connectivity index (χ4n) is 3.35. The average Bonchev–Trinajstić information content (AvgIpc) is 3.11. The van der Waals surface area contributed by atoms with Crippen molar-refractivity contribution in [3.05, 3.63) is 95.6 Å². The zero-order valence-corrected chi connectivity index (χ0v) is 15.6. The normalized spacial score (nSPS) is 10.9. The molecule has 140 valence electrons. The SMILES string of the molecule is CCc1ccc2cc(-c3cc(F)ccc3OCc3ccccc3)c(C=O)n2c1. The maximum atomic E-state index is 14.1. The van der Waals surface area contributed by atoms with Crippen molar-refractivity contribution < 1.29 is 13.9 Å². The van der Waals surface area contributed by atoms with Gasteiger partial charge in [-0.05, 0) is 47.9 Å². The van der Waals surface area contributed by atoms with Crippen molar-refractivity contribution in [2.45, 2.75) is 20.0 Å². The summed E-state index contributed by atoms with van der Waals surface area (Å²) in [7, 11) is 0. The number of pyridine rings is 1. The second-order valence-corrected chi connectivity index (χ2v) is 6.66. The molecule has 3 nitrogen and oxygen atoms in total. The fourth-order valence-corrected chi connectivity index (χ4v) is 3.35. The number of halogens is 1. The summed E-state index contributed by atoms with van der Waals surface area (Å²) in [4.78, 5) is 11.9. The van der Waals surface area contributed by atoms with Crippen LogP contribution in [0, 0.1) is 5.82 Å². The first-order valence-electron chi connectivity index (χ1n) is 9.25. The van der Waals surface area contributed by atoms with Crippen LogP contribution in [0.5, 0.6) is 5.75 Å². The highest BCUT2D eigenvalue weighted by Gasteiger charge is 2.17. The second kappa shape index (κ2) is 7.69. The minimum atomic E-state index is -0.372. The molecule has 0 spiro atoms. The Hall–Kier alpha value is -3.40. The molecule has 4 rings (SSSR count). The molecule has 0 aliphatic carbocycles. The van der Waals surface area contributed by atoms with Crippen LogP contribution in [0.25, 0.3) is 16.6 Å². The van der Waals surface area contributed by atoms with E-state index in [9.17, 15) is 9.18 Å². The van der Waals surface area contributed by atoms with Gasteiger partial charge in [-0.2, -0.15) is 0 Å². The van der Waals surface area contributed by atoms with E-state index < -0.39 is 0 Å². The number of fused-ring (bicyclic) bond motifs is 1.